The minimum atomic E-state index is -0.819. The Balaban J connectivity index is 1.38. The number of rotatable bonds is 10. The van der Waals surface area contributed by atoms with Crippen LogP contribution in [0.15, 0.2) is 48.5 Å². The number of nitriles is 1. The number of hydrogen-bond donors (Lipinski definition) is 1. The van der Waals surface area contributed by atoms with Crippen LogP contribution in [0.4, 0.5) is 4.79 Å². The van der Waals surface area contributed by atoms with Crippen LogP contribution in [0.2, 0.25) is 0 Å². The molecule has 2 heterocycles. The van der Waals surface area contributed by atoms with Gasteiger partial charge in [0.1, 0.15) is 18.5 Å². The van der Waals surface area contributed by atoms with Crippen molar-refractivity contribution in [3.05, 3.63) is 65.5 Å². The van der Waals surface area contributed by atoms with Crippen LogP contribution < -0.4 is 5.73 Å². The minimum Gasteiger partial charge on any atom is -0.466 e. The van der Waals surface area contributed by atoms with Crippen LogP contribution in [0.5, 0.6) is 0 Å². The third-order valence-corrected chi connectivity index (χ3v) is 9.28. The van der Waals surface area contributed by atoms with Crippen LogP contribution in [0.3, 0.4) is 0 Å². The third kappa shape index (κ3) is 6.72. The highest BCUT2D eigenvalue weighted by Gasteiger charge is 2.44. The number of ether oxygens (including phenoxy) is 2. The summed E-state index contributed by atoms with van der Waals surface area (Å²) < 4.78 is 13.1. The van der Waals surface area contributed by atoms with Gasteiger partial charge in [-0.05, 0) is 68.7 Å². The second kappa shape index (κ2) is 13.9. The van der Waals surface area contributed by atoms with Gasteiger partial charge in [0, 0.05) is 19.5 Å². The normalized spacial score (nSPS) is 17.5. The predicted molar refractivity (Wildman–Crippen MR) is 164 cm³/mol. The number of nitrogens with two attached hydrogens (primary N) is 1. The smallest absolute Gasteiger partial charge is 0.410 e. The summed E-state index contributed by atoms with van der Waals surface area (Å²) in [6.07, 6.45) is 6.34. The zero-order valence-electron chi connectivity index (χ0n) is 25.4. The van der Waals surface area contributed by atoms with Crippen molar-refractivity contribution in [2.24, 2.45) is 17.1 Å². The minimum absolute atomic E-state index is 0.0946. The van der Waals surface area contributed by atoms with Crippen LogP contribution in [-0.4, -0.2) is 52.1 Å². The van der Waals surface area contributed by atoms with E-state index in [1.807, 2.05) is 41.0 Å². The van der Waals surface area contributed by atoms with Gasteiger partial charge in [-0.3, -0.25) is 9.59 Å². The molecule has 1 aliphatic heterocycles. The molecule has 0 bridgehead atoms. The number of piperidine rings is 1. The van der Waals surface area contributed by atoms with E-state index in [4.69, 9.17) is 20.2 Å². The number of hydrogen-bond acceptors (Lipinski definition) is 7. The molecule has 232 valence electrons. The second-order valence-corrected chi connectivity index (χ2v) is 12.0. The summed E-state index contributed by atoms with van der Waals surface area (Å²) >= 11 is 0. The van der Waals surface area contributed by atoms with Gasteiger partial charge in [-0.15, -0.1) is 0 Å². The zero-order chi connectivity index (χ0) is 31.1. The van der Waals surface area contributed by atoms with Crippen LogP contribution in [-0.2, 0) is 32.1 Å². The Morgan fingerprint density at radius 1 is 1.07 bits per heavy atom. The Morgan fingerprint density at radius 2 is 1.80 bits per heavy atom. The van der Waals surface area contributed by atoms with Gasteiger partial charge in [0.25, 0.3) is 0 Å². The quantitative estimate of drug-likeness (QED) is 0.306. The van der Waals surface area contributed by atoms with Crippen LogP contribution in [0, 0.1) is 22.7 Å². The van der Waals surface area contributed by atoms with Gasteiger partial charge in [-0.1, -0.05) is 49.6 Å². The summed E-state index contributed by atoms with van der Waals surface area (Å²) in [7, 11) is 0. The van der Waals surface area contributed by atoms with Crippen molar-refractivity contribution in [1.82, 2.24) is 14.5 Å². The van der Waals surface area contributed by atoms with E-state index in [1.54, 1.807) is 24.0 Å². The summed E-state index contributed by atoms with van der Waals surface area (Å²) in [5, 5.41) is 9.50. The highest BCUT2D eigenvalue weighted by Crippen LogP contribution is 2.40. The Morgan fingerprint density at radius 3 is 2.45 bits per heavy atom. The molecule has 44 heavy (non-hydrogen) atoms. The molecule has 2 aliphatic rings. The van der Waals surface area contributed by atoms with Crippen molar-refractivity contribution in [2.75, 3.05) is 19.7 Å². The van der Waals surface area contributed by atoms with E-state index in [9.17, 15) is 19.6 Å². The molecule has 1 saturated carbocycles. The first-order valence-electron chi connectivity index (χ1n) is 15.7. The van der Waals surface area contributed by atoms with E-state index < -0.39 is 23.5 Å². The molecule has 0 spiro atoms. The molecule has 1 unspecified atom stereocenters. The van der Waals surface area contributed by atoms with Crippen molar-refractivity contribution in [1.29, 1.82) is 5.26 Å². The number of likely N-dealkylation sites (tertiary alicyclic amines) is 1. The number of aryl methyl sites for hydroxylation is 1. The molecule has 5 rings (SSSR count). The van der Waals surface area contributed by atoms with E-state index >= 15 is 0 Å². The maximum absolute atomic E-state index is 13.5. The van der Waals surface area contributed by atoms with E-state index in [0.29, 0.717) is 55.7 Å². The first-order chi connectivity index (χ1) is 21.3. The van der Waals surface area contributed by atoms with Crippen molar-refractivity contribution < 1.29 is 23.9 Å². The zero-order valence-corrected chi connectivity index (χ0v) is 25.4. The number of fused-ring (bicyclic) bond motifs is 1. The molecule has 1 saturated heterocycles. The Bertz CT molecular complexity index is 1510. The maximum atomic E-state index is 13.5. The molecule has 10 nitrogen and oxygen atoms in total. The molecular weight excluding hydrogens is 558 g/mol. The molecule has 2 amide bonds. The molecular formula is C34H41N5O5. The van der Waals surface area contributed by atoms with Crippen molar-refractivity contribution in [3.8, 4) is 6.07 Å². The molecule has 1 aliphatic carbocycles. The van der Waals surface area contributed by atoms with Crippen molar-refractivity contribution >= 4 is 29.0 Å². The fraction of sp³-hybridized carbons (Fsp3) is 0.500. The number of aromatic nitrogens is 2. The topological polar surface area (TPSA) is 141 Å². The SMILES string of the molecule is CCOC(=O)C1(CCc2nc3cc(C#N)ccc3n2C(C(N)=O)C2CCCCC2)CCN(C(=O)OCc2ccccc2)CC1. The summed E-state index contributed by atoms with van der Waals surface area (Å²) in [5.74, 6) is 0.0738. The highest BCUT2D eigenvalue weighted by atomic mass is 16.6. The lowest BCUT2D eigenvalue weighted by molar-refractivity contribution is -0.159. The van der Waals surface area contributed by atoms with Gasteiger partial charge in [0.2, 0.25) is 5.91 Å². The largest absolute Gasteiger partial charge is 0.466 e. The van der Waals surface area contributed by atoms with Crippen LogP contribution in [0.25, 0.3) is 11.0 Å². The Kier molecular flexibility index (Phi) is 9.83. The number of benzene rings is 2. The van der Waals surface area contributed by atoms with E-state index in [2.05, 4.69) is 6.07 Å². The molecule has 2 aromatic carbocycles. The van der Waals surface area contributed by atoms with Crippen molar-refractivity contribution in [3.63, 3.8) is 0 Å². The maximum Gasteiger partial charge on any atom is 0.410 e. The van der Waals surface area contributed by atoms with E-state index in [1.165, 1.54) is 0 Å². The molecule has 10 heteroatoms. The fourth-order valence-corrected chi connectivity index (χ4v) is 6.84. The fourth-order valence-electron chi connectivity index (χ4n) is 6.84. The number of imidazole rings is 1. The first-order valence-corrected chi connectivity index (χ1v) is 15.7. The van der Waals surface area contributed by atoms with Gasteiger partial charge < -0.3 is 24.7 Å². The van der Waals surface area contributed by atoms with Gasteiger partial charge in [-0.25, -0.2) is 9.78 Å². The average Bonchev–Trinajstić information content (AvgIpc) is 3.41. The van der Waals surface area contributed by atoms with Gasteiger partial charge in [0.15, 0.2) is 0 Å². The third-order valence-electron chi connectivity index (χ3n) is 9.28. The molecule has 1 aromatic heterocycles. The second-order valence-electron chi connectivity index (χ2n) is 12.0. The lowest BCUT2D eigenvalue weighted by Gasteiger charge is -2.39. The van der Waals surface area contributed by atoms with Gasteiger partial charge >= 0.3 is 12.1 Å². The number of amides is 2. The number of esters is 1. The van der Waals surface area contributed by atoms with Crippen LogP contribution in [0.1, 0.15) is 81.3 Å². The lowest BCUT2D eigenvalue weighted by atomic mass is 9.74. The van der Waals surface area contributed by atoms with E-state index in [-0.39, 0.29) is 25.1 Å². The molecule has 3 aromatic rings. The van der Waals surface area contributed by atoms with Gasteiger partial charge in [-0.2, -0.15) is 5.26 Å². The average molecular weight is 600 g/mol. The Labute approximate surface area is 258 Å². The van der Waals surface area contributed by atoms with Crippen LogP contribution >= 0.6 is 0 Å². The molecule has 0 radical (unpaired) electrons. The Hall–Kier alpha value is -4.39. The van der Waals surface area contributed by atoms with Crippen molar-refractivity contribution in [2.45, 2.75) is 77.4 Å². The summed E-state index contributed by atoms with van der Waals surface area (Å²) in [5.41, 5.74) is 8.03. The molecule has 2 fully saturated rings. The predicted octanol–water partition coefficient (Wildman–Crippen LogP) is 5.43. The standard InChI is InChI=1S/C34H41N5O5/c1-2-43-32(41)34(17-19-38(20-18-34)33(42)44-23-24-9-5-3-6-10-24)16-15-29-37-27-21-25(22-35)13-14-28(27)39(29)30(31(36)40)26-11-7-4-8-12-26/h3,5-6,9-10,13-14,21,26,30H,2,4,7-8,11-12,15-20,23H2,1H3,(H2,36,40). The lowest BCUT2D eigenvalue weighted by Crippen LogP contribution is -2.47. The van der Waals surface area contributed by atoms with Gasteiger partial charge in [0.05, 0.1) is 34.7 Å². The number of primary amides is 1. The molecule has 1 atom stereocenters. The molecule has 2 N–H and O–H groups in total. The first kappa shape index (κ1) is 31.0. The summed E-state index contributed by atoms with van der Waals surface area (Å²) in [6.45, 7) is 2.95. The number of nitrogens with zero attached hydrogens (tertiary/aromatic N) is 4. The number of carbonyl (C=O) groups excluding carboxylic acids is 3. The highest BCUT2D eigenvalue weighted by molar-refractivity contribution is 5.84. The summed E-state index contributed by atoms with van der Waals surface area (Å²) in [6, 6.07) is 16.4. The van der Waals surface area contributed by atoms with E-state index in [0.717, 1.165) is 43.2 Å². The summed E-state index contributed by atoms with van der Waals surface area (Å²) in [4.78, 5) is 45.9. The number of carbonyl (C=O) groups is 3. The monoisotopic (exact) mass is 599 g/mol.